The second-order valence-electron chi connectivity index (χ2n) is 3.63. The normalized spacial score (nSPS) is 9.83. The summed E-state index contributed by atoms with van der Waals surface area (Å²) in [5.41, 5.74) is 0.859. The minimum Gasteiger partial charge on any atom is -0.453 e. The topological polar surface area (TPSA) is 53.2 Å². The third-order valence-corrected chi connectivity index (χ3v) is 2.40. The number of hydrogen-bond acceptors (Lipinski definition) is 3. The molecule has 1 N–H and O–H groups in total. The lowest BCUT2D eigenvalue weighted by Crippen LogP contribution is -1.93. The smallest absolute Gasteiger partial charge is 0.165 e. The number of benzene rings is 2. The van der Waals surface area contributed by atoms with E-state index in [4.69, 9.17) is 15.1 Å². The number of hydrogen-bond donors (Lipinski definition) is 1. The second-order valence-corrected chi connectivity index (χ2v) is 3.63. The van der Waals surface area contributed by atoms with Crippen molar-refractivity contribution < 1.29 is 14.2 Å². The highest BCUT2D eigenvalue weighted by Gasteiger charge is 2.08. The van der Waals surface area contributed by atoms with Gasteiger partial charge in [0.2, 0.25) is 0 Å². The molecule has 0 aliphatic carbocycles. The van der Waals surface area contributed by atoms with E-state index in [1.54, 1.807) is 18.2 Å². The highest BCUT2D eigenvalue weighted by atomic mass is 19.1. The third-order valence-electron chi connectivity index (χ3n) is 2.40. The first-order valence-electron chi connectivity index (χ1n) is 5.31. The van der Waals surface area contributed by atoms with Crippen LogP contribution in [0.15, 0.2) is 42.5 Å². The van der Waals surface area contributed by atoms with Crippen LogP contribution in [-0.2, 0) is 6.61 Å². The van der Waals surface area contributed by atoms with Crippen LogP contribution in [0.25, 0.3) is 0 Å². The van der Waals surface area contributed by atoms with Gasteiger partial charge in [-0.15, -0.1) is 0 Å². The summed E-state index contributed by atoms with van der Waals surface area (Å²) in [4.78, 5) is 0. The van der Waals surface area contributed by atoms with Crippen molar-refractivity contribution >= 4 is 0 Å². The second kappa shape index (κ2) is 5.30. The van der Waals surface area contributed by atoms with E-state index >= 15 is 0 Å². The SMILES string of the molecule is N#Cc1cc(CO)ccc1Oc1ccccc1F. The van der Waals surface area contributed by atoms with Gasteiger partial charge in [-0.05, 0) is 29.8 Å². The molecule has 0 fully saturated rings. The molecule has 0 amide bonds. The molecule has 0 heterocycles. The molecule has 2 aromatic rings. The molecule has 0 radical (unpaired) electrons. The van der Waals surface area contributed by atoms with Crippen LogP contribution in [0.4, 0.5) is 4.39 Å². The fourth-order valence-corrected chi connectivity index (χ4v) is 1.50. The molecule has 4 heteroatoms. The summed E-state index contributed by atoms with van der Waals surface area (Å²) in [7, 11) is 0. The Bertz CT molecular complexity index is 605. The van der Waals surface area contributed by atoms with Crippen LogP contribution in [0.2, 0.25) is 0 Å². The Labute approximate surface area is 104 Å². The van der Waals surface area contributed by atoms with Crippen LogP contribution in [0, 0.1) is 17.1 Å². The van der Waals surface area contributed by atoms with Gasteiger partial charge < -0.3 is 9.84 Å². The van der Waals surface area contributed by atoms with Gasteiger partial charge in [-0.3, -0.25) is 0 Å². The Balaban J connectivity index is 2.35. The number of nitriles is 1. The van der Waals surface area contributed by atoms with Crippen molar-refractivity contribution in [3.63, 3.8) is 0 Å². The predicted molar refractivity (Wildman–Crippen MR) is 63.6 cm³/mol. The van der Waals surface area contributed by atoms with Crippen LogP contribution in [0.3, 0.4) is 0 Å². The summed E-state index contributed by atoms with van der Waals surface area (Å²) in [6.45, 7) is -0.158. The standard InChI is InChI=1S/C14H10FNO2/c15-12-3-1-2-4-14(12)18-13-6-5-10(9-17)7-11(13)8-16/h1-7,17H,9H2. The van der Waals surface area contributed by atoms with Crippen LogP contribution < -0.4 is 4.74 Å². The molecule has 0 aromatic heterocycles. The first kappa shape index (κ1) is 12.1. The van der Waals surface area contributed by atoms with Gasteiger partial charge in [-0.2, -0.15) is 5.26 Å². The van der Waals surface area contributed by atoms with Crippen molar-refractivity contribution in [1.29, 1.82) is 5.26 Å². The largest absolute Gasteiger partial charge is 0.453 e. The van der Waals surface area contributed by atoms with Crippen molar-refractivity contribution in [3.05, 3.63) is 59.4 Å². The molecule has 0 aliphatic rings. The monoisotopic (exact) mass is 243 g/mol. The van der Waals surface area contributed by atoms with Gasteiger partial charge in [0.1, 0.15) is 11.8 Å². The van der Waals surface area contributed by atoms with E-state index in [-0.39, 0.29) is 23.7 Å². The summed E-state index contributed by atoms with van der Waals surface area (Å²) in [6.07, 6.45) is 0. The quantitative estimate of drug-likeness (QED) is 0.901. The highest BCUT2D eigenvalue weighted by Crippen LogP contribution is 2.27. The van der Waals surface area contributed by atoms with Gasteiger partial charge in [0.25, 0.3) is 0 Å². The van der Waals surface area contributed by atoms with Gasteiger partial charge in [0.05, 0.1) is 12.2 Å². The average molecular weight is 243 g/mol. The minimum absolute atomic E-state index is 0.0609. The molecule has 0 bridgehead atoms. The number of aliphatic hydroxyl groups is 1. The number of nitrogens with zero attached hydrogens (tertiary/aromatic N) is 1. The first-order chi connectivity index (χ1) is 8.74. The van der Waals surface area contributed by atoms with Crippen LogP contribution in [0.5, 0.6) is 11.5 Å². The van der Waals surface area contributed by atoms with Gasteiger partial charge in [0.15, 0.2) is 11.6 Å². The van der Waals surface area contributed by atoms with Crippen molar-refractivity contribution in [2.24, 2.45) is 0 Å². The Hall–Kier alpha value is -2.38. The predicted octanol–water partition coefficient (Wildman–Crippen LogP) is 2.98. The van der Waals surface area contributed by atoms with Crippen LogP contribution >= 0.6 is 0 Å². The van der Waals surface area contributed by atoms with Crippen molar-refractivity contribution in [2.75, 3.05) is 0 Å². The molecular weight excluding hydrogens is 233 g/mol. The fourth-order valence-electron chi connectivity index (χ4n) is 1.50. The molecule has 0 atom stereocenters. The van der Waals surface area contributed by atoms with E-state index in [2.05, 4.69) is 0 Å². The molecule has 90 valence electrons. The summed E-state index contributed by atoms with van der Waals surface area (Å²) < 4.78 is 18.8. The van der Waals surface area contributed by atoms with Crippen molar-refractivity contribution in [3.8, 4) is 17.6 Å². The van der Waals surface area contributed by atoms with Crippen LogP contribution in [-0.4, -0.2) is 5.11 Å². The Morgan fingerprint density at radius 2 is 1.94 bits per heavy atom. The van der Waals surface area contributed by atoms with Crippen molar-refractivity contribution in [2.45, 2.75) is 6.61 Å². The molecule has 3 nitrogen and oxygen atoms in total. The van der Waals surface area contributed by atoms with Gasteiger partial charge in [-0.1, -0.05) is 18.2 Å². The molecule has 2 rings (SSSR count). The minimum atomic E-state index is -0.493. The molecule has 0 aliphatic heterocycles. The summed E-state index contributed by atoms with van der Waals surface area (Å²) in [6, 6.07) is 12.6. The average Bonchev–Trinajstić information content (AvgIpc) is 2.41. The molecule has 0 saturated carbocycles. The Morgan fingerprint density at radius 1 is 1.17 bits per heavy atom. The number of rotatable bonds is 3. The summed E-state index contributed by atoms with van der Waals surface area (Å²) in [5.74, 6) is -0.168. The van der Waals surface area contributed by atoms with E-state index < -0.39 is 5.82 Å². The van der Waals surface area contributed by atoms with Gasteiger partial charge in [-0.25, -0.2) is 4.39 Å². The number of para-hydroxylation sites is 1. The number of ether oxygens (including phenoxy) is 1. The van der Waals surface area contributed by atoms with Gasteiger partial charge in [0, 0.05) is 0 Å². The van der Waals surface area contributed by atoms with Gasteiger partial charge >= 0.3 is 0 Å². The highest BCUT2D eigenvalue weighted by molar-refractivity contribution is 5.47. The fraction of sp³-hybridized carbons (Fsp3) is 0.0714. The molecule has 0 saturated heterocycles. The lowest BCUT2D eigenvalue weighted by molar-refractivity contribution is 0.281. The zero-order chi connectivity index (χ0) is 13.0. The number of halogens is 1. The van der Waals surface area contributed by atoms with E-state index in [0.29, 0.717) is 5.56 Å². The van der Waals surface area contributed by atoms with E-state index in [1.165, 1.54) is 24.3 Å². The molecule has 0 spiro atoms. The van der Waals surface area contributed by atoms with Crippen LogP contribution in [0.1, 0.15) is 11.1 Å². The molecule has 0 unspecified atom stereocenters. The summed E-state index contributed by atoms with van der Waals surface area (Å²) >= 11 is 0. The van der Waals surface area contributed by atoms with E-state index in [0.717, 1.165) is 0 Å². The maximum absolute atomic E-state index is 13.4. The summed E-state index contributed by atoms with van der Waals surface area (Å²) in [5, 5.41) is 18.0. The lowest BCUT2D eigenvalue weighted by Gasteiger charge is -2.08. The molecule has 18 heavy (non-hydrogen) atoms. The van der Waals surface area contributed by atoms with E-state index in [9.17, 15) is 4.39 Å². The molecule has 2 aromatic carbocycles. The lowest BCUT2D eigenvalue weighted by atomic mass is 10.1. The number of aliphatic hydroxyl groups excluding tert-OH is 1. The maximum Gasteiger partial charge on any atom is 0.165 e. The Morgan fingerprint density at radius 3 is 2.61 bits per heavy atom. The zero-order valence-corrected chi connectivity index (χ0v) is 9.43. The third kappa shape index (κ3) is 2.47. The molecular formula is C14H10FNO2. The van der Waals surface area contributed by atoms with E-state index in [1.807, 2.05) is 6.07 Å². The van der Waals surface area contributed by atoms with Crippen molar-refractivity contribution in [1.82, 2.24) is 0 Å². The zero-order valence-electron chi connectivity index (χ0n) is 9.43. The first-order valence-corrected chi connectivity index (χ1v) is 5.31. The maximum atomic E-state index is 13.4. The Kier molecular flexibility index (Phi) is 3.56.